The first-order valence-corrected chi connectivity index (χ1v) is 6.91. The molecule has 0 spiro atoms. The van der Waals surface area contributed by atoms with E-state index in [1.807, 2.05) is 18.2 Å². The van der Waals surface area contributed by atoms with Gasteiger partial charge in [0.05, 0.1) is 18.7 Å². The number of hydrogen-bond donors (Lipinski definition) is 1. The van der Waals surface area contributed by atoms with Crippen molar-refractivity contribution >= 4 is 0 Å². The molecule has 3 atom stereocenters. The molecule has 0 aromatic heterocycles. The van der Waals surface area contributed by atoms with E-state index >= 15 is 0 Å². The summed E-state index contributed by atoms with van der Waals surface area (Å²) in [5, 5.41) is 0. The minimum atomic E-state index is -0.00999. The fourth-order valence-corrected chi connectivity index (χ4v) is 2.89. The van der Waals surface area contributed by atoms with Crippen molar-refractivity contribution in [2.24, 2.45) is 5.73 Å². The molecule has 0 bridgehead atoms. The van der Waals surface area contributed by atoms with E-state index in [2.05, 4.69) is 24.8 Å². The number of nitrogens with zero attached hydrogens (tertiary/aromatic N) is 1. The lowest BCUT2D eigenvalue weighted by molar-refractivity contribution is 0.0349. The molecule has 1 aromatic rings. The number of hydrogen-bond acceptors (Lipinski definition) is 4. The third-order valence-electron chi connectivity index (χ3n) is 3.87. The van der Waals surface area contributed by atoms with E-state index in [0.717, 1.165) is 17.9 Å². The molecular weight excluding hydrogens is 240 g/mol. The van der Waals surface area contributed by atoms with E-state index in [1.54, 1.807) is 7.11 Å². The Morgan fingerprint density at radius 2 is 2.21 bits per heavy atom. The van der Waals surface area contributed by atoms with Crippen molar-refractivity contribution in [3.8, 4) is 5.75 Å². The Bertz CT molecular complexity index is 411. The third kappa shape index (κ3) is 2.91. The maximum atomic E-state index is 6.44. The molecule has 0 radical (unpaired) electrons. The van der Waals surface area contributed by atoms with Gasteiger partial charge in [-0.15, -0.1) is 0 Å². The fourth-order valence-electron chi connectivity index (χ4n) is 2.89. The van der Waals surface area contributed by atoms with Crippen LogP contribution in [0.5, 0.6) is 5.75 Å². The number of benzene rings is 1. The molecule has 4 heteroatoms. The largest absolute Gasteiger partial charge is 0.492 e. The summed E-state index contributed by atoms with van der Waals surface area (Å²) in [6.07, 6.45) is 0. The Hall–Kier alpha value is -1.10. The molecule has 4 nitrogen and oxygen atoms in total. The number of likely N-dealkylation sites (N-methyl/N-ethyl adjacent to an activating group) is 1. The number of rotatable bonds is 5. The number of methoxy groups -OCH3 is 1. The lowest BCUT2D eigenvalue weighted by Crippen LogP contribution is -2.53. The standard InChI is InChI=1S/C15H24N2O2/c1-4-17(11(2)9-18-3)13-10-19-14-8-6-5-7-12(14)15(13)16/h5-8,11,13,15H,4,9-10,16H2,1-3H3. The van der Waals surface area contributed by atoms with E-state index in [0.29, 0.717) is 19.3 Å². The highest BCUT2D eigenvalue weighted by Crippen LogP contribution is 2.33. The smallest absolute Gasteiger partial charge is 0.124 e. The quantitative estimate of drug-likeness (QED) is 0.881. The van der Waals surface area contributed by atoms with Gasteiger partial charge < -0.3 is 15.2 Å². The monoisotopic (exact) mass is 264 g/mol. The molecule has 19 heavy (non-hydrogen) atoms. The van der Waals surface area contributed by atoms with Gasteiger partial charge in [-0.25, -0.2) is 0 Å². The van der Waals surface area contributed by atoms with Crippen LogP contribution in [0.2, 0.25) is 0 Å². The first-order chi connectivity index (χ1) is 9.19. The normalized spacial score (nSPS) is 23.8. The number of nitrogens with two attached hydrogens (primary N) is 1. The van der Waals surface area contributed by atoms with Crippen molar-refractivity contribution in [1.29, 1.82) is 0 Å². The molecule has 1 heterocycles. The first kappa shape index (κ1) is 14.3. The van der Waals surface area contributed by atoms with Gasteiger partial charge in [0.25, 0.3) is 0 Å². The van der Waals surface area contributed by atoms with Crippen LogP contribution in [0.1, 0.15) is 25.5 Å². The zero-order chi connectivity index (χ0) is 13.8. The predicted octanol–water partition coefficient (Wildman–Crippen LogP) is 1.80. The second kappa shape index (κ2) is 6.37. The lowest BCUT2D eigenvalue weighted by Gasteiger charge is -2.41. The van der Waals surface area contributed by atoms with Gasteiger partial charge in [-0.1, -0.05) is 25.1 Å². The molecule has 0 aliphatic carbocycles. The van der Waals surface area contributed by atoms with Gasteiger partial charge in [-0.3, -0.25) is 4.90 Å². The van der Waals surface area contributed by atoms with E-state index < -0.39 is 0 Å². The van der Waals surface area contributed by atoms with Crippen molar-refractivity contribution in [1.82, 2.24) is 4.90 Å². The summed E-state index contributed by atoms with van der Waals surface area (Å²) >= 11 is 0. The van der Waals surface area contributed by atoms with E-state index in [-0.39, 0.29) is 12.1 Å². The van der Waals surface area contributed by atoms with Crippen LogP contribution >= 0.6 is 0 Å². The SMILES string of the molecule is CCN(C(C)COC)C1COc2ccccc2C1N. The van der Waals surface area contributed by atoms with Crippen LogP contribution in [0.15, 0.2) is 24.3 Å². The minimum Gasteiger partial charge on any atom is -0.492 e. The van der Waals surface area contributed by atoms with Crippen molar-refractivity contribution in [3.63, 3.8) is 0 Å². The second-order valence-corrected chi connectivity index (χ2v) is 5.08. The summed E-state index contributed by atoms with van der Waals surface area (Å²) in [4.78, 5) is 2.37. The van der Waals surface area contributed by atoms with E-state index in [9.17, 15) is 0 Å². The van der Waals surface area contributed by atoms with Gasteiger partial charge in [0.2, 0.25) is 0 Å². The number of fused-ring (bicyclic) bond motifs is 1. The van der Waals surface area contributed by atoms with Gasteiger partial charge in [-0.2, -0.15) is 0 Å². The number of ether oxygens (including phenoxy) is 2. The Morgan fingerprint density at radius 1 is 1.47 bits per heavy atom. The van der Waals surface area contributed by atoms with Crippen molar-refractivity contribution in [2.45, 2.75) is 32.0 Å². The van der Waals surface area contributed by atoms with Gasteiger partial charge >= 0.3 is 0 Å². The van der Waals surface area contributed by atoms with Crippen LogP contribution in [0.3, 0.4) is 0 Å². The lowest BCUT2D eigenvalue weighted by atomic mass is 9.95. The summed E-state index contributed by atoms with van der Waals surface area (Å²) in [6.45, 7) is 6.60. The van der Waals surface area contributed by atoms with E-state index in [4.69, 9.17) is 15.2 Å². The molecule has 1 aromatic carbocycles. The average molecular weight is 264 g/mol. The number of para-hydroxylation sites is 1. The Balaban J connectivity index is 2.18. The predicted molar refractivity (Wildman–Crippen MR) is 76.4 cm³/mol. The van der Waals surface area contributed by atoms with Gasteiger partial charge in [0.15, 0.2) is 0 Å². The first-order valence-electron chi connectivity index (χ1n) is 6.91. The average Bonchev–Trinajstić information content (AvgIpc) is 2.43. The van der Waals surface area contributed by atoms with Crippen molar-refractivity contribution in [2.75, 3.05) is 26.9 Å². The molecule has 0 saturated heterocycles. The molecular formula is C15H24N2O2. The van der Waals surface area contributed by atoms with E-state index in [1.165, 1.54) is 0 Å². The molecule has 1 aliphatic heterocycles. The van der Waals surface area contributed by atoms with Crippen LogP contribution in [0.25, 0.3) is 0 Å². The summed E-state index contributed by atoms with van der Waals surface area (Å²) in [5.74, 6) is 0.918. The Kier molecular flexibility index (Phi) is 4.80. The van der Waals surface area contributed by atoms with Gasteiger partial charge in [0, 0.05) is 18.7 Å². The molecule has 2 N–H and O–H groups in total. The molecule has 3 unspecified atom stereocenters. The fraction of sp³-hybridized carbons (Fsp3) is 0.600. The highest BCUT2D eigenvalue weighted by atomic mass is 16.5. The molecule has 2 rings (SSSR count). The van der Waals surface area contributed by atoms with Gasteiger partial charge in [-0.05, 0) is 19.5 Å². The summed E-state index contributed by atoms with van der Waals surface area (Å²) in [5.41, 5.74) is 7.54. The maximum absolute atomic E-state index is 6.44. The highest BCUT2D eigenvalue weighted by Gasteiger charge is 2.33. The third-order valence-corrected chi connectivity index (χ3v) is 3.87. The molecule has 0 amide bonds. The molecule has 0 saturated carbocycles. The van der Waals surface area contributed by atoms with Crippen LogP contribution in [0, 0.1) is 0 Å². The Labute approximate surface area is 115 Å². The van der Waals surface area contributed by atoms with Crippen LogP contribution < -0.4 is 10.5 Å². The minimum absolute atomic E-state index is 0.00999. The summed E-state index contributed by atoms with van der Waals surface area (Å²) in [6, 6.07) is 8.56. The Morgan fingerprint density at radius 3 is 2.89 bits per heavy atom. The topological polar surface area (TPSA) is 47.7 Å². The summed E-state index contributed by atoms with van der Waals surface area (Å²) < 4.78 is 11.1. The highest BCUT2D eigenvalue weighted by molar-refractivity contribution is 5.38. The van der Waals surface area contributed by atoms with Crippen molar-refractivity contribution in [3.05, 3.63) is 29.8 Å². The van der Waals surface area contributed by atoms with Gasteiger partial charge in [0.1, 0.15) is 12.4 Å². The maximum Gasteiger partial charge on any atom is 0.124 e. The van der Waals surface area contributed by atoms with Crippen LogP contribution in [-0.4, -0.2) is 43.9 Å². The second-order valence-electron chi connectivity index (χ2n) is 5.08. The molecule has 1 aliphatic rings. The van der Waals surface area contributed by atoms with Crippen molar-refractivity contribution < 1.29 is 9.47 Å². The van der Waals surface area contributed by atoms with Crippen LogP contribution in [0.4, 0.5) is 0 Å². The molecule has 106 valence electrons. The zero-order valence-electron chi connectivity index (χ0n) is 12.0. The zero-order valence-corrected chi connectivity index (χ0v) is 12.0. The summed E-state index contributed by atoms with van der Waals surface area (Å²) in [7, 11) is 1.73. The molecule has 0 fully saturated rings. The van der Waals surface area contributed by atoms with Crippen LogP contribution in [-0.2, 0) is 4.74 Å².